The minimum atomic E-state index is -3.38. The molecule has 0 aliphatic rings. The summed E-state index contributed by atoms with van der Waals surface area (Å²) in [4.78, 5) is 24.2. The van der Waals surface area contributed by atoms with Crippen LogP contribution in [0.2, 0.25) is 0 Å². The van der Waals surface area contributed by atoms with E-state index in [-0.39, 0.29) is 29.8 Å². The van der Waals surface area contributed by atoms with Gasteiger partial charge in [-0.15, -0.1) is 0 Å². The van der Waals surface area contributed by atoms with Gasteiger partial charge < -0.3 is 14.6 Å². The Balaban J connectivity index is 1.96. The smallest absolute Gasteiger partial charge is 0.253 e. The molecule has 2 aromatic rings. The van der Waals surface area contributed by atoms with Crippen molar-refractivity contribution in [3.05, 3.63) is 69.6 Å². The molecular weight excluding hydrogens is 394 g/mol. The average molecular weight is 422 g/mol. The van der Waals surface area contributed by atoms with Crippen molar-refractivity contribution < 1.29 is 17.9 Å². The Morgan fingerprint density at radius 1 is 1.10 bits per heavy atom. The molecular formula is C20H27N3O5S. The number of ether oxygens (including phenoxy) is 1. The second kappa shape index (κ2) is 10.3. The van der Waals surface area contributed by atoms with Crippen molar-refractivity contribution in [1.82, 2.24) is 14.6 Å². The predicted molar refractivity (Wildman–Crippen MR) is 111 cm³/mol. The number of carbonyl (C=O) groups is 1. The topological polar surface area (TPSA) is 106 Å². The minimum Gasteiger partial charge on any atom is -0.383 e. The van der Waals surface area contributed by atoms with Gasteiger partial charge >= 0.3 is 0 Å². The van der Waals surface area contributed by atoms with Gasteiger partial charge in [0.05, 0.1) is 17.9 Å². The van der Waals surface area contributed by atoms with Crippen LogP contribution in [0.25, 0.3) is 0 Å². The fraction of sp³-hybridized carbons (Fsp3) is 0.400. The molecule has 9 heteroatoms. The summed E-state index contributed by atoms with van der Waals surface area (Å²) < 4.78 is 32.9. The van der Waals surface area contributed by atoms with Gasteiger partial charge in [-0.1, -0.05) is 24.3 Å². The van der Waals surface area contributed by atoms with Crippen molar-refractivity contribution in [3.8, 4) is 0 Å². The van der Waals surface area contributed by atoms with Crippen molar-refractivity contribution >= 4 is 15.9 Å². The standard InChI is InChI=1S/C20H27N3O5S/c1-15(2)22-29(26,27)14-17-6-4-16(5-7-17)12-21-20(25)18-8-9-19(24)23(13-18)10-11-28-3/h4-9,13,15,22H,10-12,14H2,1-3H3,(H,21,25). The number of pyridine rings is 1. The summed E-state index contributed by atoms with van der Waals surface area (Å²) in [5, 5.41) is 2.80. The number of hydrogen-bond donors (Lipinski definition) is 2. The van der Waals surface area contributed by atoms with E-state index in [0.717, 1.165) is 5.56 Å². The van der Waals surface area contributed by atoms with Crippen LogP contribution >= 0.6 is 0 Å². The van der Waals surface area contributed by atoms with Gasteiger partial charge in [-0.2, -0.15) is 0 Å². The summed E-state index contributed by atoms with van der Waals surface area (Å²) in [6, 6.07) is 9.69. The molecule has 0 spiro atoms. The maximum Gasteiger partial charge on any atom is 0.253 e. The maximum absolute atomic E-state index is 12.4. The lowest BCUT2D eigenvalue weighted by Gasteiger charge is -2.11. The number of nitrogens with zero attached hydrogens (tertiary/aromatic N) is 1. The van der Waals surface area contributed by atoms with Crippen molar-refractivity contribution in [3.63, 3.8) is 0 Å². The third-order valence-electron chi connectivity index (χ3n) is 4.03. The molecule has 0 bridgehead atoms. The zero-order valence-corrected chi connectivity index (χ0v) is 17.7. The van der Waals surface area contributed by atoms with Crippen LogP contribution in [0.5, 0.6) is 0 Å². The zero-order valence-electron chi connectivity index (χ0n) is 16.8. The molecule has 0 saturated heterocycles. The van der Waals surface area contributed by atoms with E-state index in [1.54, 1.807) is 45.2 Å². The molecule has 0 fully saturated rings. The first kappa shape index (κ1) is 22.8. The molecule has 0 aliphatic carbocycles. The highest BCUT2D eigenvalue weighted by molar-refractivity contribution is 7.88. The monoisotopic (exact) mass is 421 g/mol. The van der Waals surface area contributed by atoms with Gasteiger partial charge in [0.25, 0.3) is 11.5 Å². The van der Waals surface area contributed by atoms with Crippen molar-refractivity contribution in [2.24, 2.45) is 0 Å². The quantitative estimate of drug-likeness (QED) is 0.601. The third-order valence-corrected chi connectivity index (χ3v) is 5.57. The molecule has 0 radical (unpaired) electrons. The van der Waals surface area contributed by atoms with Crippen LogP contribution in [0, 0.1) is 0 Å². The summed E-state index contributed by atoms with van der Waals surface area (Å²) in [5.41, 5.74) is 1.68. The van der Waals surface area contributed by atoms with Gasteiger partial charge in [0.1, 0.15) is 0 Å². The predicted octanol–water partition coefficient (Wildman–Crippen LogP) is 1.25. The van der Waals surface area contributed by atoms with Crippen LogP contribution in [0.15, 0.2) is 47.4 Å². The molecule has 2 N–H and O–H groups in total. The first-order valence-electron chi connectivity index (χ1n) is 9.25. The van der Waals surface area contributed by atoms with Gasteiger partial charge in [-0.25, -0.2) is 13.1 Å². The Kier molecular flexibility index (Phi) is 8.12. The summed E-state index contributed by atoms with van der Waals surface area (Å²) in [6.45, 7) is 4.57. The van der Waals surface area contributed by atoms with Crippen LogP contribution in [-0.2, 0) is 33.6 Å². The van der Waals surface area contributed by atoms with E-state index in [9.17, 15) is 18.0 Å². The van der Waals surface area contributed by atoms with Crippen molar-refractivity contribution in [1.29, 1.82) is 0 Å². The minimum absolute atomic E-state index is 0.0964. The number of methoxy groups -OCH3 is 1. The summed E-state index contributed by atoms with van der Waals surface area (Å²) in [7, 11) is -1.83. The van der Waals surface area contributed by atoms with E-state index in [0.29, 0.717) is 24.3 Å². The molecule has 0 atom stereocenters. The molecule has 1 amide bonds. The number of carbonyl (C=O) groups excluding carboxylic acids is 1. The molecule has 8 nitrogen and oxygen atoms in total. The largest absolute Gasteiger partial charge is 0.383 e. The number of nitrogens with one attached hydrogen (secondary N) is 2. The Hall–Kier alpha value is -2.49. The third kappa shape index (κ3) is 7.45. The molecule has 2 rings (SSSR count). The fourth-order valence-corrected chi connectivity index (χ4v) is 4.12. The number of sulfonamides is 1. The van der Waals surface area contributed by atoms with Crippen molar-refractivity contribution in [2.45, 2.75) is 38.7 Å². The first-order chi connectivity index (χ1) is 13.7. The van der Waals surface area contributed by atoms with Crippen LogP contribution in [0.1, 0.15) is 35.3 Å². The summed E-state index contributed by atoms with van der Waals surface area (Å²) in [5.74, 6) is -0.398. The summed E-state index contributed by atoms with van der Waals surface area (Å²) >= 11 is 0. The number of aromatic nitrogens is 1. The SMILES string of the molecule is COCCn1cc(C(=O)NCc2ccc(CS(=O)(=O)NC(C)C)cc2)ccc1=O. The number of rotatable bonds is 10. The van der Waals surface area contributed by atoms with Crippen LogP contribution in [0.4, 0.5) is 0 Å². The highest BCUT2D eigenvalue weighted by Gasteiger charge is 2.13. The molecule has 29 heavy (non-hydrogen) atoms. The van der Waals surface area contributed by atoms with Crippen LogP contribution in [-0.4, -0.2) is 38.7 Å². The number of benzene rings is 1. The molecule has 1 aromatic carbocycles. The molecule has 0 unspecified atom stereocenters. The van der Waals surface area contributed by atoms with E-state index in [4.69, 9.17) is 4.74 Å². The Morgan fingerprint density at radius 3 is 2.38 bits per heavy atom. The lowest BCUT2D eigenvalue weighted by molar-refractivity contribution is 0.0949. The summed E-state index contributed by atoms with van der Waals surface area (Å²) in [6.07, 6.45) is 1.51. The first-order valence-corrected chi connectivity index (χ1v) is 10.9. The van der Waals surface area contributed by atoms with E-state index >= 15 is 0 Å². The van der Waals surface area contributed by atoms with E-state index in [1.165, 1.54) is 22.9 Å². The Bertz CT molecular complexity index is 982. The molecule has 1 aromatic heterocycles. The lowest BCUT2D eigenvalue weighted by Crippen LogP contribution is -2.31. The fourth-order valence-electron chi connectivity index (χ4n) is 2.69. The molecule has 0 aliphatic heterocycles. The zero-order chi connectivity index (χ0) is 21.4. The van der Waals surface area contributed by atoms with Crippen LogP contribution in [0.3, 0.4) is 0 Å². The van der Waals surface area contributed by atoms with Gasteiger partial charge in [0.15, 0.2) is 0 Å². The van der Waals surface area contributed by atoms with Gasteiger partial charge in [0, 0.05) is 38.5 Å². The van der Waals surface area contributed by atoms with Gasteiger partial charge in [0.2, 0.25) is 10.0 Å². The lowest BCUT2D eigenvalue weighted by atomic mass is 10.1. The highest BCUT2D eigenvalue weighted by Crippen LogP contribution is 2.09. The number of amides is 1. The Morgan fingerprint density at radius 2 is 1.76 bits per heavy atom. The van der Waals surface area contributed by atoms with E-state index < -0.39 is 10.0 Å². The van der Waals surface area contributed by atoms with E-state index in [1.807, 2.05) is 0 Å². The second-order valence-electron chi connectivity index (χ2n) is 6.97. The van der Waals surface area contributed by atoms with Gasteiger partial charge in [-0.3, -0.25) is 9.59 Å². The highest BCUT2D eigenvalue weighted by atomic mass is 32.2. The second-order valence-corrected chi connectivity index (χ2v) is 8.73. The van der Waals surface area contributed by atoms with Crippen molar-refractivity contribution in [2.75, 3.05) is 13.7 Å². The van der Waals surface area contributed by atoms with Crippen LogP contribution < -0.4 is 15.6 Å². The van der Waals surface area contributed by atoms with E-state index in [2.05, 4.69) is 10.0 Å². The average Bonchev–Trinajstić information content (AvgIpc) is 2.65. The maximum atomic E-state index is 12.4. The number of hydrogen-bond acceptors (Lipinski definition) is 5. The molecule has 1 heterocycles. The molecule has 0 saturated carbocycles. The normalized spacial score (nSPS) is 11.6. The van der Waals surface area contributed by atoms with Gasteiger partial charge in [-0.05, 0) is 31.0 Å². The Labute approximate surface area is 170 Å². The molecule has 158 valence electrons.